The average molecular weight is 221 g/mol. The van der Waals surface area contributed by atoms with E-state index in [9.17, 15) is 9.59 Å². The topological polar surface area (TPSA) is 55.4 Å². The second-order valence-corrected chi connectivity index (χ2v) is 3.54. The summed E-state index contributed by atoms with van der Waals surface area (Å²) in [5.74, 6) is -0.100. The van der Waals surface area contributed by atoms with Gasteiger partial charge in [-0.25, -0.2) is 4.79 Å². The highest BCUT2D eigenvalue weighted by atomic mass is 16.5. The normalized spacial score (nSPS) is 11.6. The first-order valence-electron chi connectivity index (χ1n) is 5.07. The molecule has 0 spiro atoms. The summed E-state index contributed by atoms with van der Waals surface area (Å²) in [5, 5.41) is 2.44. The van der Waals surface area contributed by atoms with Crippen molar-refractivity contribution in [3.8, 4) is 0 Å². The van der Waals surface area contributed by atoms with E-state index in [2.05, 4.69) is 5.32 Å². The summed E-state index contributed by atoms with van der Waals surface area (Å²) < 4.78 is 4.95. The number of ether oxygens (including phenoxy) is 1. The molecule has 0 radical (unpaired) electrons. The van der Waals surface area contributed by atoms with E-state index in [0.717, 1.165) is 5.56 Å². The van der Waals surface area contributed by atoms with Crippen LogP contribution in [0, 0.1) is 0 Å². The van der Waals surface area contributed by atoms with Crippen LogP contribution in [-0.2, 0) is 16.1 Å². The van der Waals surface area contributed by atoms with Crippen LogP contribution in [0.25, 0.3) is 0 Å². The Hall–Kier alpha value is -1.84. The van der Waals surface area contributed by atoms with Crippen LogP contribution in [0.3, 0.4) is 0 Å². The van der Waals surface area contributed by atoms with Crippen LogP contribution < -0.4 is 5.32 Å². The van der Waals surface area contributed by atoms with Gasteiger partial charge in [-0.05, 0) is 19.4 Å². The Labute approximate surface area is 94.6 Å². The molecule has 0 unspecified atom stereocenters. The van der Waals surface area contributed by atoms with Gasteiger partial charge in [0.05, 0.1) is 6.04 Å². The van der Waals surface area contributed by atoms with Crippen molar-refractivity contribution in [2.24, 2.45) is 0 Å². The zero-order chi connectivity index (χ0) is 12.0. The minimum atomic E-state index is -0.577. The molecular formula is C12H15NO3. The third kappa shape index (κ3) is 4.13. The predicted octanol–water partition coefficient (Wildman–Crippen LogP) is 1.89. The van der Waals surface area contributed by atoms with Gasteiger partial charge in [0.1, 0.15) is 6.61 Å². The van der Waals surface area contributed by atoms with Crippen LogP contribution in [0.4, 0.5) is 4.79 Å². The molecule has 1 rings (SSSR count). The highest BCUT2D eigenvalue weighted by Crippen LogP contribution is 2.00. The molecule has 4 nitrogen and oxygen atoms in total. The minimum Gasteiger partial charge on any atom is -0.445 e. The van der Waals surface area contributed by atoms with E-state index in [1.165, 1.54) is 6.92 Å². The largest absolute Gasteiger partial charge is 0.445 e. The number of hydrogen-bond donors (Lipinski definition) is 1. The fourth-order valence-electron chi connectivity index (χ4n) is 1.04. The number of amides is 1. The van der Waals surface area contributed by atoms with Crippen molar-refractivity contribution in [1.82, 2.24) is 5.32 Å². The third-order valence-corrected chi connectivity index (χ3v) is 2.16. The second-order valence-electron chi connectivity index (χ2n) is 3.54. The lowest BCUT2D eigenvalue weighted by Gasteiger charge is -2.10. The molecule has 0 heterocycles. The van der Waals surface area contributed by atoms with E-state index in [1.54, 1.807) is 6.92 Å². The van der Waals surface area contributed by atoms with Crippen LogP contribution in [0.15, 0.2) is 30.3 Å². The fraction of sp³-hybridized carbons (Fsp3) is 0.333. The first-order valence-corrected chi connectivity index (χ1v) is 5.07. The van der Waals surface area contributed by atoms with Crippen molar-refractivity contribution in [2.45, 2.75) is 26.5 Å². The number of rotatable bonds is 4. The Morgan fingerprint density at radius 3 is 2.50 bits per heavy atom. The Bertz CT molecular complexity index is 362. The number of benzene rings is 1. The Morgan fingerprint density at radius 2 is 1.94 bits per heavy atom. The molecule has 1 aromatic carbocycles. The monoisotopic (exact) mass is 221 g/mol. The zero-order valence-electron chi connectivity index (χ0n) is 9.40. The molecule has 1 amide bonds. The molecule has 16 heavy (non-hydrogen) atoms. The number of carbonyl (C=O) groups is 2. The van der Waals surface area contributed by atoms with Gasteiger partial charge in [0, 0.05) is 0 Å². The molecule has 86 valence electrons. The summed E-state index contributed by atoms with van der Waals surface area (Å²) in [7, 11) is 0. The maximum absolute atomic E-state index is 11.2. The highest BCUT2D eigenvalue weighted by molar-refractivity contribution is 5.84. The zero-order valence-corrected chi connectivity index (χ0v) is 9.40. The molecule has 1 N–H and O–H groups in total. The number of Topliss-reactive ketones (excluding diaryl/α,β-unsaturated/α-hetero) is 1. The second kappa shape index (κ2) is 5.90. The van der Waals surface area contributed by atoms with Gasteiger partial charge in [-0.1, -0.05) is 30.3 Å². The van der Waals surface area contributed by atoms with Crippen molar-refractivity contribution in [1.29, 1.82) is 0 Å². The number of carbonyl (C=O) groups excluding carboxylic acids is 2. The van der Waals surface area contributed by atoms with Crippen LogP contribution >= 0.6 is 0 Å². The first-order chi connectivity index (χ1) is 7.59. The van der Waals surface area contributed by atoms with Gasteiger partial charge < -0.3 is 10.1 Å². The lowest BCUT2D eigenvalue weighted by atomic mass is 10.2. The number of alkyl carbamates (subject to hydrolysis) is 1. The summed E-state index contributed by atoms with van der Waals surface area (Å²) in [6, 6.07) is 8.84. The van der Waals surface area contributed by atoms with Crippen LogP contribution in [0.1, 0.15) is 19.4 Å². The lowest BCUT2D eigenvalue weighted by Crippen LogP contribution is -2.37. The van der Waals surface area contributed by atoms with Crippen molar-refractivity contribution < 1.29 is 14.3 Å². The molecule has 1 atom stereocenters. The Morgan fingerprint density at radius 1 is 1.31 bits per heavy atom. The Balaban J connectivity index is 2.33. The van der Waals surface area contributed by atoms with E-state index < -0.39 is 12.1 Å². The summed E-state index contributed by atoms with van der Waals surface area (Å²) in [4.78, 5) is 22.1. The molecule has 0 aliphatic carbocycles. The summed E-state index contributed by atoms with van der Waals surface area (Å²) >= 11 is 0. The Kier molecular flexibility index (Phi) is 4.51. The van der Waals surface area contributed by atoms with Gasteiger partial charge in [0.15, 0.2) is 5.78 Å². The van der Waals surface area contributed by atoms with Crippen molar-refractivity contribution in [3.05, 3.63) is 35.9 Å². The maximum Gasteiger partial charge on any atom is 0.408 e. The fourth-order valence-corrected chi connectivity index (χ4v) is 1.04. The highest BCUT2D eigenvalue weighted by Gasteiger charge is 2.11. The van der Waals surface area contributed by atoms with Crippen LogP contribution in [-0.4, -0.2) is 17.9 Å². The van der Waals surface area contributed by atoms with E-state index in [-0.39, 0.29) is 12.4 Å². The SMILES string of the molecule is CC(=O)[C@H](C)NC(=O)OCc1ccccc1. The predicted molar refractivity (Wildman–Crippen MR) is 59.9 cm³/mol. The molecule has 1 aromatic rings. The first kappa shape index (κ1) is 12.2. The van der Waals surface area contributed by atoms with Gasteiger partial charge in [0.25, 0.3) is 0 Å². The average Bonchev–Trinajstić information content (AvgIpc) is 2.27. The standard InChI is InChI=1S/C12H15NO3/c1-9(10(2)14)13-12(15)16-8-11-6-4-3-5-7-11/h3-7,9H,8H2,1-2H3,(H,13,15)/t9-/m0/s1. The lowest BCUT2D eigenvalue weighted by molar-refractivity contribution is -0.118. The van der Waals surface area contributed by atoms with E-state index in [0.29, 0.717) is 0 Å². The van der Waals surface area contributed by atoms with Crippen molar-refractivity contribution in [2.75, 3.05) is 0 Å². The van der Waals surface area contributed by atoms with E-state index in [1.807, 2.05) is 30.3 Å². The maximum atomic E-state index is 11.2. The van der Waals surface area contributed by atoms with Gasteiger partial charge in [-0.15, -0.1) is 0 Å². The molecule has 4 heteroatoms. The van der Waals surface area contributed by atoms with Crippen molar-refractivity contribution in [3.63, 3.8) is 0 Å². The van der Waals surface area contributed by atoms with Crippen molar-refractivity contribution >= 4 is 11.9 Å². The van der Waals surface area contributed by atoms with Gasteiger partial charge in [0.2, 0.25) is 0 Å². The van der Waals surface area contributed by atoms with Crippen LogP contribution in [0.5, 0.6) is 0 Å². The molecular weight excluding hydrogens is 206 g/mol. The third-order valence-electron chi connectivity index (χ3n) is 2.16. The molecule has 0 aromatic heterocycles. The summed E-state index contributed by atoms with van der Waals surface area (Å²) in [6.45, 7) is 3.24. The molecule has 0 bridgehead atoms. The smallest absolute Gasteiger partial charge is 0.408 e. The van der Waals surface area contributed by atoms with Gasteiger partial charge in [-0.2, -0.15) is 0 Å². The molecule has 0 aliphatic rings. The van der Waals surface area contributed by atoms with Gasteiger partial charge >= 0.3 is 6.09 Å². The molecule has 0 fully saturated rings. The van der Waals surface area contributed by atoms with E-state index in [4.69, 9.17) is 4.74 Å². The van der Waals surface area contributed by atoms with E-state index >= 15 is 0 Å². The van der Waals surface area contributed by atoms with Crippen LogP contribution in [0.2, 0.25) is 0 Å². The number of nitrogens with one attached hydrogen (secondary N) is 1. The summed E-state index contributed by atoms with van der Waals surface area (Å²) in [5.41, 5.74) is 0.910. The molecule has 0 aliphatic heterocycles. The minimum absolute atomic E-state index is 0.100. The quantitative estimate of drug-likeness (QED) is 0.844. The molecule has 0 saturated carbocycles. The molecule has 0 saturated heterocycles. The van der Waals surface area contributed by atoms with Gasteiger partial charge in [-0.3, -0.25) is 4.79 Å². The number of ketones is 1. The summed E-state index contributed by atoms with van der Waals surface area (Å²) in [6.07, 6.45) is -0.577. The number of hydrogen-bond acceptors (Lipinski definition) is 3.